The van der Waals surface area contributed by atoms with Crippen molar-refractivity contribution in [1.82, 2.24) is 10.2 Å². The first-order valence-corrected chi connectivity index (χ1v) is 7.04. The maximum Gasteiger partial charge on any atom is 0.228 e. The van der Waals surface area contributed by atoms with Gasteiger partial charge in [0.05, 0.1) is 0 Å². The molecule has 2 atom stereocenters. The molecule has 2 aliphatic rings. The largest absolute Gasteiger partial charge is 0.342 e. The molecular formula is C14H27ClN2O. The molecule has 2 saturated heterocycles. The third kappa shape index (κ3) is 3.18. The standard InChI is InChI=1S/C14H26N2O.ClH/c1-4-14(2,3)13(17)16-7-5-11-9-15-10-12(11)6-8-16;/h11-12,15H,4-10H2,1-3H3;1H/t11-,12+;. The lowest BCUT2D eigenvalue weighted by molar-refractivity contribution is -0.140. The van der Waals surface area contributed by atoms with Crippen LogP contribution >= 0.6 is 12.4 Å². The lowest BCUT2D eigenvalue weighted by atomic mass is 9.88. The first-order chi connectivity index (χ1) is 8.04. The Morgan fingerprint density at radius 3 is 2.17 bits per heavy atom. The Balaban J connectivity index is 0.00000162. The Morgan fingerprint density at radius 1 is 1.22 bits per heavy atom. The van der Waals surface area contributed by atoms with E-state index in [1.807, 2.05) is 0 Å². The second-order valence-corrected chi connectivity index (χ2v) is 6.29. The number of fused-ring (bicyclic) bond motifs is 1. The van der Waals surface area contributed by atoms with Crippen LogP contribution < -0.4 is 5.32 Å². The molecule has 0 unspecified atom stereocenters. The third-order valence-corrected chi connectivity index (χ3v) is 4.77. The first kappa shape index (κ1) is 15.8. The maximum absolute atomic E-state index is 12.4. The van der Waals surface area contributed by atoms with E-state index in [9.17, 15) is 4.79 Å². The number of likely N-dealkylation sites (tertiary alicyclic amines) is 1. The Morgan fingerprint density at radius 2 is 1.72 bits per heavy atom. The highest BCUT2D eigenvalue weighted by molar-refractivity contribution is 5.85. The van der Waals surface area contributed by atoms with Crippen LogP contribution in [0.15, 0.2) is 0 Å². The number of rotatable bonds is 2. The summed E-state index contributed by atoms with van der Waals surface area (Å²) in [6.45, 7) is 10.5. The van der Waals surface area contributed by atoms with Gasteiger partial charge in [0.25, 0.3) is 0 Å². The number of halogens is 1. The Bertz CT molecular complexity index is 280. The van der Waals surface area contributed by atoms with Crippen molar-refractivity contribution in [3.8, 4) is 0 Å². The zero-order valence-electron chi connectivity index (χ0n) is 11.9. The minimum Gasteiger partial charge on any atom is -0.342 e. The molecule has 4 heteroatoms. The van der Waals surface area contributed by atoms with Gasteiger partial charge < -0.3 is 10.2 Å². The van der Waals surface area contributed by atoms with Gasteiger partial charge in [-0.25, -0.2) is 0 Å². The second-order valence-electron chi connectivity index (χ2n) is 6.29. The molecular weight excluding hydrogens is 248 g/mol. The van der Waals surface area contributed by atoms with E-state index in [0.29, 0.717) is 5.91 Å². The van der Waals surface area contributed by atoms with Crippen LogP contribution in [-0.2, 0) is 4.79 Å². The molecule has 1 amide bonds. The molecule has 0 bridgehead atoms. The van der Waals surface area contributed by atoms with Crippen molar-refractivity contribution < 1.29 is 4.79 Å². The molecule has 1 N–H and O–H groups in total. The van der Waals surface area contributed by atoms with E-state index in [2.05, 4.69) is 31.0 Å². The highest BCUT2D eigenvalue weighted by Crippen LogP contribution is 2.30. The molecule has 0 aromatic carbocycles. The van der Waals surface area contributed by atoms with Crippen molar-refractivity contribution in [2.24, 2.45) is 17.3 Å². The van der Waals surface area contributed by atoms with Crippen LogP contribution in [0.4, 0.5) is 0 Å². The van der Waals surface area contributed by atoms with Crippen LogP contribution in [0, 0.1) is 17.3 Å². The van der Waals surface area contributed by atoms with Crippen molar-refractivity contribution in [3.05, 3.63) is 0 Å². The smallest absolute Gasteiger partial charge is 0.228 e. The fourth-order valence-electron chi connectivity index (χ4n) is 3.00. The van der Waals surface area contributed by atoms with Crippen molar-refractivity contribution in [3.63, 3.8) is 0 Å². The van der Waals surface area contributed by atoms with Gasteiger partial charge in [-0.15, -0.1) is 12.4 Å². The fourth-order valence-corrected chi connectivity index (χ4v) is 3.00. The average Bonchev–Trinajstić information content (AvgIpc) is 2.67. The molecule has 2 rings (SSSR count). The second kappa shape index (κ2) is 6.25. The van der Waals surface area contributed by atoms with Gasteiger partial charge >= 0.3 is 0 Å². The van der Waals surface area contributed by atoms with Gasteiger partial charge in [-0.1, -0.05) is 20.8 Å². The summed E-state index contributed by atoms with van der Waals surface area (Å²) in [5.74, 6) is 1.96. The summed E-state index contributed by atoms with van der Waals surface area (Å²) >= 11 is 0. The number of carbonyl (C=O) groups excluding carboxylic acids is 1. The Kier molecular flexibility index (Phi) is 5.47. The summed E-state index contributed by atoms with van der Waals surface area (Å²) in [4.78, 5) is 14.5. The number of hydrogen-bond acceptors (Lipinski definition) is 2. The monoisotopic (exact) mass is 274 g/mol. The van der Waals surface area contributed by atoms with E-state index in [1.165, 1.54) is 12.8 Å². The van der Waals surface area contributed by atoms with Gasteiger partial charge in [-0.3, -0.25) is 4.79 Å². The molecule has 2 aliphatic heterocycles. The Hall–Kier alpha value is -0.280. The quantitative estimate of drug-likeness (QED) is 0.838. The van der Waals surface area contributed by atoms with Gasteiger partial charge in [-0.05, 0) is 44.2 Å². The van der Waals surface area contributed by atoms with E-state index in [4.69, 9.17) is 0 Å². The van der Waals surface area contributed by atoms with Crippen molar-refractivity contribution in [2.45, 2.75) is 40.0 Å². The molecule has 106 valence electrons. The van der Waals surface area contributed by atoms with Gasteiger partial charge in [0, 0.05) is 18.5 Å². The molecule has 18 heavy (non-hydrogen) atoms. The molecule has 0 spiro atoms. The van der Waals surface area contributed by atoms with Crippen LogP contribution in [0.1, 0.15) is 40.0 Å². The highest BCUT2D eigenvalue weighted by atomic mass is 35.5. The minimum atomic E-state index is -0.183. The van der Waals surface area contributed by atoms with Crippen molar-refractivity contribution >= 4 is 18.3 Å². The SMILES string of the molecule is CCC(C)(C)C(=O)N1CC[C@@H]2CNC[C@@H]2CC1.Cl. The first-order valence-electron chi connectivity index (χ1n) is 7.04. The predicted molar refractivity (Wildman–Crippen MR) is 77.0 cm³/mol. The van der Waals surface area contributed by atoms with E-state index >= 15 is 0 Å². The van der Waals surface area contributed by atoms with Crippen molar-refractivity contribution in [2.75, 3.05) is 26.2 Å². The summed E-state index contributed by atoms with van der Waals surface area (Å²) in [6.07, 6.45) is 3.29. The molecule has 2 fully saturated rings. The summed E-state index contributed by atoms with van der Waals surface area (Å²) in [7, 11) is 0. The van der Waals surface area contributed by atoms with E-state index in [0.717, 1.165) is 44.4 Å². The van der Waals surface area contributed by atoms with E-state index in [1.54, 1.807) is 0 Å². The fraction of sp³-hybridized carbons (Fsp3) is 0.929. The van der Waals surface area contributed by atoms with Gasteiger partial charge in [0.15, 0.2) is 0 Å². The normalized spacial score (nSPS) is 28.3. The topological polar surface area (TPSA) is 32.3 Å². The number of nitrogens with one attached hydrogen (secondary N) is 1. The van der Waals surface area contributed by atoms with Gasteiger partial charge in [0.1, 0.15) is 0 Å². The zero-order chi connectivity index (χ0) is 12.5. The molecule has 0 saturated carbocycles. The number of carbonyl (C=O) groups is 1. The van der Waals surface area contributed by atoms with Crippen LogP contribution in [0.2, 0.25) is 0 Å². The third-order valence-electron chi connectivity index (χ3n) is 4.77. The summed E-state index contributed by atoms with van der Waals surface area (Å²) in [5.41, 5.74) is -0.183. The molecule has 0 radical (unpaired) electrons. The molecule has 0 aromatic rings. The molecule has 3 nitrogen and oxygen atoms in total. The molecule has 2 heterocycles. The van der Waals surface area contributed by atoms with Gasteiger partial charge in [0.2, 0.25) is 5.91 Å². The maximum atomic E-state index is 12.4. The van der Waals surface area contributed by atoms with Crippen LogP contribution in [0.25, 0.3) is 0 Å². The number of amides is 1. The van der Waals surface area contributed by atoms with Crippen LogP contribution in [-0.4, -0.2) is 37.0 Å². The minimum absolute atomic E-state index is 0. The van der Waals surface area contributed by atoms with Crippen molar-refractivity contribution in [1.29, 1.82) is 0 Å². The van der Waals surface area contributed by atoms with E-state index < -0.39 is 0 Å². The zero-order valence-corrected chi connectivity index (χ0v) is 12.7. The van der Waals surface area contributed by atoms with E-state index in [-0.39, 0.29) is 17.8 Å². The Labute approximate surface area is 117 Å². The average molecular weight is 275 g/mol. The summed E-state index contributed by atoms with van der Waals surface area (Å²) < 4.78 is 0. The number of nitrogens with zero attached hydrogens (tertiary/aromatic N) is 1. The molecule has 0 aliphatic carbocycles. The lowest BCUT2D eigenvalue weighted by Gasteiger charge is -2.30. The number of hydrogen-bond donors (Lipinski definition) is 1. The lowest BCUT2D eigenvalue weighted by Crippen LogP contribution is -2.41. The van der Waals surface area contributed by atoms with Gasteiger partial charge in [-0.2, -0.15) is 0 Å². The predicted octanol–water partition coefficient (Wildman–Crippen LogP) is 2.30. The van der Waals surface area contributed by atoms with Crippen LogP contribution in [0.3, 0.4) is 0 Å². The summed E-state index contributed by atoms with van der Waals surface area (Å²) in [5, 5.41) is 3.47. The highest BCUT2D eigenvalue weighted by Gasteiger charge is 2.35. The van der Waals surface area contributed by atoms with Crippen LogP contribution in [0.5, 0.6) is 0 Å². The summed E-state index contributed by atoms with van der Waals surface area (Å²) in [6, 6.07) is 0. The molecule has 0 aromatic heterocycles.